The first-order chi connectivity index (χ1) is 10.4. The SMILES string of the molecule is C(=C/c1cc2ccccc2c2ccsc12)/c1ccccc1. The first kappa shape index (κ1) is 12.4. The van der Waals surface area contributed by atoms with Gasteiger partial charge >= 0.3 is 0 Å². The molecule has 0 saturated heterocycles. The molecule has 0 bridgehead atoms. The maximum absolute atomic E-state index is 2.29. The molecule has 0 aliphatic rings. The summed E-state index contributed by atoms with van der Waals surface area (Å²) in [4.78, 5) is 0. The second kappa shape index (κ2) is 5.19. The van der Waals surface area contributed by atoms with E-state index in [-0.39, 0.29) is 0 Å². The lowest BCUT2D eigenvalue weighted by Crippen LogP contribution is -1.78. The van der Waals surface area contributed by atoms with Gasteiger partial charge in [0.1, 0.15) is 0 Å². The van der Waals surface area contributed by atoms with Gasteiger partial charge in [0.05, 0.1) is 0 Å². The molecule has 100 valence electrons. The molecule has 1 aromatic heterocycles. The fourth-order valence-corrected chi connectivity index (χ4v) is 3.63. The van der Waals surface area contributed by atoms with Crippen molar-refractivity contribution in [1.82, 2.24) is 0 Å². The molecular formula is C20H14S. The molecule has 3 aromatic carbocycles. The molecule has 0 atom stereocenters. The van der Waals surface area contributed by atoms with Crippen LogP contribution in [0, 0.1) is 0 Å². The van der Waals surface area contributed by atoms with Gasteiger partial charge in [-0.1, -0.05) is 66.7 Å². The predicted molar refractivity (Wildman–Crippen MR) is 94.7 cm³/mol. The molecule has 0 fully saturated rings. The topological polar surface area (TPSA) is 0 Å². The minimum absolute atomic E-state index is 1.23. The lowest BCUT2D eigenvalue weighted by atomic mass is 10.0. The molecule has 0 unspecified atom stereocenters. The first-order valence-electron chi connectivity index (χ1n) is 7.04. The van der Waals surface area contributed by atoms with Crippen molar-refractivity contribution in [2.24, 2.45) is 0 Å². The molecule has 21 heavy (non-hydrogen) atoms. The maximum Gasteiger partial charge on any atom is 0.0421 e. The summed E-state index contributed by atoms with van der Waals surface area (Å²) in [5.41, 5.74) is 2.53. The summed E-state index contributed by atoms with van der Waals surface area (Å²) >= 11 is 1.81. The second-order valence-corrected chi connectivity index (χ2v) is 6.01. The summed E-state index contributed by atoms with van der Waals surface area (Å²) in [7, 11) is 0. The number of fused-ring (bicyclic) bond motifs is 3. The zero-order valence-electron chi connectivity index (χ0n) is 11.5. The molecular weight excluding hydrogens is 272 g/mol. The van der Waals surface area contributed by atoms with Crippen molar-refractivity contribution in [1.29, 1.82) is 0 Å². The van der Waals surface area contributed by atoms with Gasteiger partial charge in [-0.2, -0.15) is 0 Å². The minimum atomic E-state index is 1.23. The molecule has 1 heterocycles. The van der Waals surface area contributed by atoms with E-state index < -0.39 is 0 Å². The Morgan fingerprint density at radius 1 is 0.714 bits per heavy atom. The average molecular weight is 286 g/mol. The van der Waals surface area contributed by atoms with Crippen LogP contribution in [0.3, 0.4) is 0 Å². The smallest absolute Gasteiger partial charge is 0.0421 e. The van der Waals surface area contributed by atoms with Crippen LogP contribution in [0.25, 0.3) is 33.0 Å². The van der Waals surface area contributed by atoms with Crippen molar-refractivity contribution < 1.29 is 0 Å². The molecule has 0 radical (unpaired) electrons. The van der Waals surface area contributed by atoms with E-state index in [0.29, 0.717) is 0 Å². The van der Waals surface area contributed by atoms with Gasteiger partial charge in [-0.05, 0) is 39.4 Å². The van der Waals surface area contributed by atoms with E-state index in [0.717, 1.165) is 0 Å². The van der Waals surface area contributed by atoms with E-state index in [1.54, 1.807) is 0 Å². The van der Waals surface area contributed by atoms with Gasteiger partial charge in [0.25, 0.3) is 0 Å². The number of hydrogen-bond acceptors (Lipinski definition) is 1. The minimum Gasteiger partial charge on any atom is -0.143 e. The van der Waals surface area contributed by atoms with Crippen LogP contribution in [-0.2, 0) is 0 Å². The third-order valence-corrected chi connectivity index (χ3v) is 4.71. The molecule has 0 spiro atoms. The fraction of sp³-hybridized carbons (Fsp3) is 0. The van der Waals surface area contributed by atoms with E-state index in [2.05, 4.69) is 78.2 Å². The van der Waals surface area contributed by atoms with E-state index in [9.17, 15) is 0 Å². The molecule has 0 N–H and O–H groups in total. The highest BCUT2D eigenvalue weighted by molar-refractivity contribution is 7.17. The number of thiophene rings is 1. The van der Waals surface area contributed by atoms with Gasteiger partial charge < -0.3 is 0 Å². The third kappa shape index (κ3) is 2.26. The number of rotatable bonds is 2. The van der Waals surface area contributed by atoms with Crippen LogP contribution >= 0.6 is 11.3 Å². The Kier molecular flexibility index (Phi) is 3.06. The second-order valence-electron chi connectivity index (χ2n) is 5.09. The van der Waals surface area contributed by atoms with E-state index >= 15 is 0 Å². The Hall–Kier alpha value is -2.38. The van der Waals surface area contributed by atoms with Crippen molar-refractivity contribution in [2.75, 3.05) is 0 Å². The van der Waals surface area contributed by atoms with Crippen LogP contribution in [0.2, 0.25) is 0 Å². The summed E-state index contributed by atoms with van der Waals surface area (Å²) in [6, 6.07) is 23.6. The van der Waals surface area contributed by atoms with Crippen molar-refractivity contribution in [3.05, 3.63) is 83.2 Å². The molecule has 1 heteroatoms. The van der Waals surface area contributed by atoms with Crippen molar-refractivity contribution >= 4 is 44.3 Å². The standard InChI is InChI=1S/C20H14S/c1-2-6-15(7-3-1)10-11-17-14-16-8-4-5-9-18(16)19-12-13-21-20(17)19/h1-14H/b11-10-. The summed E-state index contributed by atoms with van der Waals surface area (Å²) in [5.74, 6) is 0. The lowest BCUT2D eigenvalue weighted by Gasteiger charge is -2.03. The van der Waals surface area contributed by atoms with Crippen LogP contribution in [0.1, 0.15) is 11.1 Å². The predicted octanol–water partition coefficient (Wildman–Crippen LogP) is 6.22. The monoisotopic (exact) mass is 286 g/mol. The van der Waals surface area contributed by atoms with E-state index in [1.807, 2.05) is 17.4 Å². The van der Waals surface area contributed by atoms with Crippen LogP contribution in [0.5, 0.6) is 0 Å². The fourth-order valence-electron chi connectivity index (χ4n) is 2.72. The van der Waals surface area contributed by atoms with Gasteiger partial charge in [0, 0.05) is 10.1 Å². The molecule has 0 saturated carbocycles. The van der Waals surface area contributed by atoms with Crippen LogP contribution in [0.15, 0.2) is 72.1 Å². The summed E-state index contributed by atoms with van der Waals surface area (Å²) in [6.45, 7) is 0. The molecule has 4 rings (SSSR count). The van der Waals surface area contributed by atoms with Crippen molar-refractivity contribution in [2.45, 2.75) is 0 Å². The van der Waals surface area contributed by atoms with E-state index in [4.69, 9.17) is 0 Å². The molecule has 0 nitrogen and oxygen atoms in total. The van der Waals surface area contributed by atoms with Crippen molar-refractivity contribution in [3.8, 4) is 0 Å². The Labute approximate surface area is 128 Å². The largest absolute Gasteiger partial charge is 0.143 e. The molecule has 0 amide bonds. The number of benzene rings is 3. The Bertz CT molecular complexity index is 930. The van der Waals surface area contributed by atoms with Crippen LogP contribution < -0.4 is 0 Å². The average Bonchev–Trinajstić information content (AvgIpc) is 3.04. The molecule has 4 aromatic rings. The quantitative estimate of drug-likeness (QED) is 0.383. The lowest BCUT2D eigenvalue weighted by molar-refractivity contribution is 1.67. The van der Waals surface area contributed by atoms with E-state index in [1.165, 1.54) is 32.0 Å². The highest BCUT2D eigenvalue weighted by Crippen LogP contribution is 2.33. The van der Waals surface area contributed by atoms with Gasteiger partial charge in [-0.3, -0.25) is 0 Å². The zero-order chi connectivity index (χ0) is 14.1. The van der Waals surface area contributed by atoms with Crippen LogP contribution in [-0.4, -0.2) is 0 Å². The zero-order valence-corrected chi connectivity index (χ0v) is 12.3. The Morgan fingerprint density at radius 3 is 2.43 bits per heavy atom. The van der Waals surface area contributed by atoms with Gasteiger partial charge in [0.2, 0.25) is 0 Å². The normalized spacial score (nSPS) is 11.6. The Morgan fingerprint density at radius 2 is 1.52 bits per heavy atom. The van der Waals surface area contributed by atoms with Gasteiger partial charge in [0.15, 0.2) is 0 Å². The number of hydrogen-bond donors (Lipinski definition) is 0. The third-order valence-electron chi connectivity index (χ3n) is 3.74. The summed E-state index contributed by atoms with van der Waals surface area (Å²) < 4.78 is 1.36. The summed E-state index contributed by atoms with van der Waals surface area (Å²) in [5, 5.41) is 6.17. The van der Waals surface area contributed by atoms with Gasteiger partial charge in [-0.25, -0.2) is 0 Å². The maximum atomic E-state index is 2.29. The van der Waals surface area contributed by atoms with Crippen LogP contribution in [0.4, 0.5) is 0 Å². The highest BCUT2D eigenvalue weighted by Gasteiger charge is 2.05. The first-order valence-corrected chi connectivity index (χ1v) is 7.92. The molecule has 0 aliphatic heterocycles. The summed E-state index contributed by atoms with van der Waals surface area (Å²) in [6.07, 6.45) is 4.41. The molecule has 0 aliphatic carbocycles. The van der Waals surface area contributed by atoms with Crippen molar-refractivity contribution in [3.63, 3.8) is 0 Å². The Balaban J connectivity index is 1.91. The van der Waals surface area contributed by atoms with Gasteiger partial charge in [-0.15, -0.1) is 11.3 Å². The highest BCUT2D eigenvalue weighted by atomic mass is 32.1.